The highest BCUT2D eigenvalue weighted by atomic mass is 19.4. The summed E-state index contributed by atoms with van der Waals surface area (Å²) in [5.41, 5.74) is -0.901. The number of halogens is 3. The maximum atomic E-state index is 12.9. The molecular formula is C15H11F3O3. The first-order chi connectivity index (χ1) is 9.82. The molecule has 2 aromatic rings. The minimum atomic E-state index is -4.62. The third-order valence-corrected chi connectivity index (χ3v) is 2.93. The molecule has 0 aromatic heterocycles. The van der Waals surface area contributed by atoms with Crippen molar-refractivity contribution in [3.05, 3.63) is 53.6 Å². The van der Waals surface area contributed by atoms with Crippen LogP contribution in [0, 0.1) is 0 Å². The van der Waals surface area contributed by atoms with Crippen LogP contribution in [0.1, 0.15) is 15.9 Å². The number of alkyl halides is 3. The van der Waals surface area contributed by atoms with E-state index in [0.29, 0.717) is 17.4 Å². The summed E-state index contributed by atoms with van der Waals surface area (Å²) in [7, 11) is 1.39. The molecule has 0 bridgehead atoms. The lowest BCUT2D eigenvalue weighted by Crippen LogP contribution is -2.08. The number of para-hydroxylation sites is 1. The third kappa shape index (κ3) is 3.16. The molecule has 0 unspecified atom stereocenters. The molecule has 0 amide bonds. The smallest absolute Gasteiger partial charge is 0.416 e. The number of carboxylic acids is 1. The summed E-state index contributed by atoms with van der Waals surface area (Å²) in [5.74, 6) is -1.05. The minimum Gasteiger partial charge on any atom is -0.496 e. The van der Waals surface area contributed by atoms with Gasteiger partial charge >= 0.3 is 12.1 Å². The van der Waals surface area contributed by atoms with Crippen LogP contribution in [0.15, 0.2) is 42.5 Å². The molecule has 0 heterocycles. The van der Waals surface area contributed by atoms with Gasteiger partial charge in [-0.2, -0.15) is 13.2 Å². The molecule has 0 aliphatic carbocycles. The van der Waals surface area contributed by atoms with Crippen LogP contribution in [0.25, 0.3) is 11.1 Å². The minimum absolute atomic E-state index is 0.139. The Kier molecular flexibility index (Phi) is 3.88. The van der Waals surface area contributed by atoms with Crippen LogP contribution >= 0.6 is 0 Å². The summed E-state index contributed by atoms with van der Waals surface area (Å²) in [6.07, 6.45) is -4.62. The van der Waals surface area contributed by atoms with Gasteiger partial charge in [-0.05, 0) is 29.8 Å². The summed E-state index contributed by atoms with van der Waals surface area (Å²) < 4.78 is 43.8. The second kappa shape index (κ2) is 5.47. The van der Waals surface area contributed by atoms with Gasteiger partial charge in [-0.3, -0.25) is 0 Å². The molecule has 0 spiro atoms. The lowest BCUT2D eigenvalue weighted by atomic mass is 9.98. The SMILES string of the molecule is COc1ccccc1-c1cc(C(=O)O)cc(C(F)(F)F)c1. The fourth-order valence-electron chi connectivity index (χ4n) is 1.95. The van der Waals surface area contributed by atoms with E-state index in [9.17, 15) is 18.0 Å². The first kappa shape index (κ1) is 14.9. The van der Waals surface area contributed by atoms with Crippen molar-refractivity contribution in [2.24, 2.45) is 0 Å². The number of aromatic carboxylic acids is 1. The zero-order chi connectivity index (χ0) is 15.6. The lowest BCUT2D eigenvalue weighted by Gasteiger charge is -2.13. The van der Waals surface area contributed by atoms with Crippen molar-refractivity contribution in [1.29, 1.82) is 0 Å². The van der Waals surface area contributed by atoms with Gasteiger partial charge in [0.25, 0.3) is 0 Å². The van der Waals surface area contributed by atoms with E-state index in [1.54, 1.807) is 24.3 Å². The Hall–Kier alpha value is -2.50. The number of hydrogen-bond acceptors (Lipinski definition) is 2. The molecule has 0 aliphatic heterocycles. The first-order valence-corrected chi connectivity index (χ1v) is 5.92. The Morgan fingerprint density at radius 1 is 1.14 bits per heavy atom. The average Bonchev–Trinajstić information content (AvgIpc) is 2.45. The Bertz CT molecular complexity index is 678. The average molecular weight is 296 g/mol. The maximum absolute atomic E-state index is 12.9. The summed E-state index contributed by atoms with van der Waals surface area (Å²) in [4.78, 5) is 11.0. The molecule has 2 rings (SSSR count). The number of methoxy groups -OCH3 is 1. The standard InChI is InChI=1S/C15H11F3O3/c1-21-13-5-3-2-4-12(13)9-6-10(14(19)20)8-11(7-9)15(16,17)18/h2-8H,1H3,(H,19,20). The Morgan fingerprint density at radius 3 is 2.38 bits per heavy atom. The predicted octanol–water partition coefficient (Wildman–Crippen LogP) is 4.08. The van der Waals surface area contributed by atoms with Gasteiger partial charge in [-0.1, -0.05) is 18.2 Å². The number of carbonyl (C=O) groups is 1. The van der Waals surface area contributed by atoms with Gasteiger partial charge in [0.15, 0.2) is 0 Å². The molecule has 0 atom stereocenters. The Morgan fingerprint density at radius 2 is 1.81 bits per heavy atom. The van der Waals surface area contributed by atoms with Crippen LogP contribution < -0.4 is 4.74 Å². The van der Waals surface area contributed by atoms with Gasteiger partial charge in [-0.25, -0.2) is 4.79 Å². The van der Waals surface area contributed by atoms with Crippen LogP contribution in [0.3, 0.4) is 0 Å². The van der Waals surface area contributed by atoms with Crippen LogP contribution in [0.5, 0.6) is 5.75 Å². The number of hydrogen-bond donors (Lipinski definition) is 1. The fraction of sp³-hybridized carbons (Fsp3) is 0.133. The topological polar surface area (TPSA) is 46.5 Å². The highest BCUT2D eigenvalue weighted by molar-refractivity contribution is 5.90. The van der Waals surface area contributed by atoms with E-state index >= 15 is 0 Å². The van der Waals surface area contributed by atoms with E-state index in [1.807, 2.05) is 0 Å². The van der Waals surface area contributed by atoms with Gasteiger partial charge in [-0.15, -0.1) is 0 Å². The van der Waals surface area contributed by atoms with E-state index < -0.39 is 23.3 Å². The molecule has 6 heteroatoms. The number of ether oxygens (including phenoxy) is 1. The van der Waals surface area contributed by atoms with Crippen molar-refractivity contribution in [2.45, 2.75) is 6.18 Å². The molecule has 21 heavy (non-hydrogen) atoms. The highest BCUT2D eigenvalue weighted by Crippen LogP contribution is 2.36. The van der Waals surface area contributed by atoms with Gasteiger partial charge in [0, 0.05) is 5.56 Å². The van der Waals surface area contributed by atoms with Crippen molar-refractivity contribution in [1.82, 2.24) is 0 Å². The van der Waals surface area contributed by atoms with Crippen molar-refractivity contribution in [3.63, 3.8) is 0 Å². The monoisotopic (exact) mass is 296 g/mol. The van der Waals surface area contributed by atoms with Crippen molar-refractivity contribution < 1.29 is 27.8 Å². The van der Waals surface area contributed by atoms with Crippen molar-refractivity contribution in [3.8, 4) is 16.9 Å². The largest absolute Gasteiger partial charge is 0.496 e. The summed E-state index contributed by atoms with van der Waals surface area (Å²) >= 11 is 0. The van der Waals surface area contributed by atoms with E-state index in [2.05, 4.69) is 0 Å². The quantitative estimate of drug-likeness (QED) is 0.928. The van der Waals surface area contributed by atoms with Crippen LogP contribution in [-0.4, -0.2) is 18.2 Å². The molecule has 0 fully saturated rings. The Balaban J connectivity index is 2.68. The molecule has 1 N–H and O–H groups in total. The number of carboxylic acid groups (broad SMARTS) is 1. The zero-order valence-electron chi connectivity index (χ0n) is 10.9. The van der Waals surface area contributed by atoms with Crippen molar-refractivity contribution in [2.75, 3.05) is 7.11 Å². The summed E-state index contributed by atoms with van der Waals surface area (Å²) in [6.45, 7) is 0. The number of benzene rings is 2. The molecule has 0 aliphatic rings. The van der Waals surface area contributed by atoms with Gasteiger partial charge in [0.1, 0.15) is 5.75 Å². The predicted molar refractivity (Wildman–Crippen MR) is 70.4 cm³/mol. The molecule has 0 radical (unpaired) electrons. The molecule has 2 aromatic carbocycles. The first-order valence-electron chi connectivity index (χ1n) is 5.92. The van der Waals surface area contributed by atoms with Crippen LogP contribution in [-0.2, 0) is 6.18 Å². The van der Waals surface area contributed by atoms with Gasteiger partial charge in [0.2, 0.25) is 0 Å². The van der Waals surface area contributed by atoms with E-state index in [0.717, 1.165) is 6.07 Å². The molecule has 0 saturated heterocycles. The van der Waals surface area contributed by atoms with Crippen LogP contribution in [0.2, 0.25) is 0 Å². The van der Waals surface area contributed by atoms with Crippen LogP contribution in [0.4, 0.5) is 13.2 Å². The van der Waals surface area contributed by atoms with E-state index in [4.69, 9.17) is 9.84 Å². The third-order valence-electron chi connectivity index (χ3n) is 2.93. The lowest BCUT2D eigenvalue weighted by molar-refractivity contribution is -0.137. The second-order valence-electron chi connectivity index (χ2n) is 4.30. The molecule has 110 valence electrons. The van der Waals surface area contributed by atoms with Crippen molar-refractivity contribution >= 4 is 5.97 Å². The van der Waals surface area contributed by atoms with Gasteiger partial charge in [0.05, 0.1) is 18.2 Å². The highest BCUT2D eigenvalue weighted by Gasteiger charge is 2.32. The maximum Gasteiger partial charge on any atom is 0.416 e. The molecule has 3 nitrogen and oxygen atoms in total. The molecule has 0 saturated carbocycles. The summed E-state index contributed by atoms with van der Waals surface area (Å²) in [6, 6.07) is 9.18. The fourth-order valence-corrected chi connectivity index (χ4v) is 1.95. The number of rotatable bonds is 3. The normalized spacial score (nSPS) is 11.2. The summed E-state index contributed by atoms with van der Waals surface area (Å²) in [5, 5.41) is 8.97. The second-order valence-corrected chi connectivity index (χ2v) is 4.30. The van der Waals surface area contributed by atoms with E-state index in [1.165, 1.54) is 13.2 Å². The van der Waals surface area contributed by atoms with Gasteiger partial charge < -0.3 is 9.84 Å². The zero-order valence-corrected chi connectivity index (χ0v) is 10.9. The Labute approximate surface area is 118 Å². The van der Waals surface area contributed by atoms with E-state index in [-0.39, 0.29) is 5.56 Å². The molecular weight excluding hydrogens is 285 g/mol.